The van der Waals surface area contributed by atoms with E-state index in [0.29, 0.717) is 0 Å². The first-order valence-electron chi connectivity index (χ1n) is 7.49. The zero-order valence-electron chi connectivity index (χ0n) is 11.9. The van der Waals surface area contributed by atoms with Crippen LogP contribution in [-0.2, 0) is 0 Å². The number of hydrogen-bond donors (Lipinski definition) is 0. The number of dihydropyridines is 1. The standard InChI is InChI=1S/C19H14N2O/c1-2-7-13(8-3-1)21-18-15(10-6-12-20-18)17-14-9-4-5-11-16(14)22-19(17)21/h1-12,15,18H. The number of fused-ring (bicyclic) bond motifs is 5. The van der Waals surface area contributed by atoms with Crippen LogP contribution in [0.5, 0.6) is 0 Å². The molecular formula is C19H14N2O. The van der Waals surface area contributed by atoms with Gasteiger partial charge in [0.2, 0.25) is 5.88 Å². The Bertz CT molecular complexity index is 908. The highest BCUT2D eigenvalue weighted by Crippen LogP contribution is 2.51. The summed E-state index contributed by atoms with van der Waals surface area (Å²) in [6.07, 6.45) is 6.18. The van der Waals surface area contributed by atoms with Crippen LogP contribution in [0.4, 0.5) is 11.6 Å². The Morgan fingerprint density at radius 3 is 2.68 bits per heavy atom. The lowest BCUT2D eigenvalue weighted by molar-refractivity contribution is 0.586. The topological polar surface area (TPSA) is 28.7 Å². The van der Waals surface area contributed by atoms with Gasteiger partial charge in [-0.2, -0.15) is 0 Å². The van der Waals surface area contributed by atoms with Crippen LogP contribution in [0, 0.1) is 0 Å². The molecule has 0 radical (unpaired) electrons. The predicted molar refractivity (Wildman–Crippen MR) is 89.0 cm³/mol. The minimum absolute atomic E-state index is 0.0470. The number of anilines is 2. The number of para-hydroxylation sites is 2. The van der Waals surface area contributed by atoms with Gasteiger partial charge >= 0.3 is 0 Å². The molecule has 22 heavy (non-hydrogen) atoms. The van der Waals surface area contributed by atoms with Gasteiger partial charge in [0.1, 0.15) is 11.7 Å². The number of furan rings is 1. The van der Waals surface area contributed by atoms with Crippen molar-refractivity contribution >= 4 is 28.8 Å². The average Bonchev–Trinajstić information content (AvgIpc) is 3.10. The maximum atomic E-state index is 6.19. The monoisotopic (exact) mass is 286 g/mol. The number of benzene rings is 2. The van der Waals surface area contributed by atoms with Crippen molar-refractivity contribution in [3.8, 4) is 0 Å². The van der Waals surface area contributed by atoms with Gasteiger partial charge in [0, 0.05) is 28.8 Å². The predicted octanol–water partition coefficient (Wildman–Crippen LogP) is 4.63. The molecule has 0 amide bonds. The first kappa shape index (κ1) is 11.8. The van der Waals surface area contributed by atoms with E-state index in [0.717, 1.165) is 17.2 Å². The van der Waals surface area contributed by atoms with Crippen molar-refractivity contribution in [1.29, 1.82) is 0 Å². The Hall–Kier alpha value is -2.81. The molecule has 2 aliphatic heterocycles. The summed E-state index contributed by atoms with van der Waals surface area (Å²) in [5.74, 6) is 1.16. The van der Waals surface area contributed by atoms with E-state index in [1.165, 1.54) is 10.9 Å². The van der Waals surface area contributed by atoms with Gasteiger partial charge in [-0.1, -0.05) is 42.5 Å². The molecule has 2 unspecified atom stereocenters. The smallest absolute Gasteiger partial charge is 0.206 e. The van der Waals surface area contributed by atoms with Crippen molar-refractivity contribution in [2.45, 2.75) is 12.1 Å². The van der Waals surface area contributed by atoms with E-state index in [-0.39, 0.29) is 12.1 Å². The van der Waals surface area contributed by atoms with E-state index >= 15 is 0 Å². The van der Waals surface area contributed by atoms with Crippen molar-refractivity contribution in [2.24, 2.45) is 4.99 Å². The fraction of sp³-hybridized carbons (Fsp3) is 0.105. The zero-order valence-corrected chi connectivity index (χ0v) is 11.9. The molecule has 5 rings (SSSR count). The van der Waals surface area contributed by atoms with Crippen molar-refractivity contribution in [1.82, 2.24) is 0 Å². The van der Waals surface area contributed by atoms with E-state index in [1.54, 1.807) is 0 Å². The molecule has 3 nitrogen and oxygen atoms in total. The second-order valence-corrected chi connectivity index (χ2v) is 5.65. The minimum atomic E-state index is 0.0470. The molecule has 0 saturated heterocycles. The quantitative estimate of drug-likeness (QED) is 0.652. The normalized spacial score (nSPS) is 22.1. The summed E-state index contributed by atoms with van der Waals surface area (Å²) in [7, 11) is 0. The summed E-state index contributed by atoms with van der Waals surface area (Å²) in [5, 5.41) is 1.19. The first-order chi connectivity index (χ1) is 10.9. The van der Waals surface area contributed by atoms with Gasteiger partial charge in [0.15, 0.2) is 0 Å². The van der Waals surface area contributed by atoms with Crippen LogP contribution < -0.4 is 4.90 Å². The van der Waals surface area contributed by atoms with Crippen molar-refractivity contribution in [3.05, 3.63) is 72.3 Å². The molecular weight excluding hydrogens is 272 g/mol. The molecule has 2 atom stereocenters. The summed E-state index contributed by atoms with van der Waals surface area (Å²) < 4.78 is 6.19. The molecule has 3 heteroatoms. The lowest BCUT2D eigenvalue weighted by atomic mass is 9.96. The first-order valence-corrected chi connectivity index (χ1v) is 7.49. The lowest BCUT2D eigenvalue weighted by Gasteiger charge is -2.26. The Morgan fingerprint density at radius 1 is 0.955 bits per heavy atom. The maximum Gasteiger partial charge on any atom is 0.206 e. The largest absolute Gasteiger partial charge is 0.440 e. The molecule has 0 aliphatic carbocycles. The third-order valence-electron chi connectivity index (χ3n) is 4.43. The van der Waals surface area contributed by atoms with Crippen molar-refractivity contribution in [3.63, 3.8) is 0 Å². The Kier molecular flexibility index (Phi) is 2.33. The SMILES string of the molecule is C1=CC2c3c(oc4ccccc34)N(c3ccccc3)C2N=C1. The van der Waals surface area contributed by atoms with Crippen LogP contribution in [0.15, 0.2) is 76.2 Å². The highest BCUT2D eigenvalue weighted by molar-refractivity contribution is 5.92. The molecule has 2 aromatic carbocycles. The molecule has 1 aromatic heterocycles. The van der Waals surface area contributed by atoms with E-state index in [2.05, 4.69) is 35.2 Å². The van der Waals surface area contributed by atoms with E-state index in [9.17, 15) is 0 Å². The molecule has 0 spiro atoms. The van der Waals surface area contributed by atoms with Crippen LogP contribution in [0.1, 0.15) is 11.5 Å². The van der Waals surface area contributed by atoms with Crippen LogP contribution in [0.3, 0.4) is 0 Å². The minimum Gasteiger partial charge on any atom is -0.440 e. The Morgan fingerprint density at radius 2 is 1.77 bits per heavy atom. The summed E-state index contributed by atoms with van der Waals surface area (Å²) in [5.41, 5.74) is 3.30. The highest BCUT2D eigenvalue weighted by atomic mass is 16.4. The van der Waals surface area contributed by atoms with Gasteiger partial charge in [-0.25, -0.2) is 0 Å². The average molecular weight is 286 g/mol. The summed E-state index contributed by atoms with van der Waals surface area (Å²) in [4.78, 5) is 6.91. The maximum absolute atomic E-state index is 6.19. The molecule has 3 heterocycles. The molecule has 0 saturated carbocycles. The molecule has 0 fully saturated rings. The Labute approximate surface area is 128 Å². The number of allylic oxidation sites excluding steroid dienone is 1. The lowest BCUT2D eigenvalue weighted by Crippen LogP contribution is -2.29. The summed E-state index contributed by atoms with van der Waals surface area (Å²) in [6.45, 7) is 0. The fourth-order valence-electron chi connectivity index (χ4n) is 3.50. The Balaban J connectivity index is 1.80. The van der Waals surface area contributed by atoms with E-state index in [1.807, 2.05) is 42.6 Å². The fourth-order valence-corrected chi connectivity index (χ4v) is 3.50. The summed E-state index contributed by atoms with van der Waals surface area (Å²) >= 11 is 0. The molecule has 3 aromatic rings. The van der Waals surface area contributed by atoms with E-state index in [4.69, 9.17) is 9.41 Å². The number of nitrogens with zero attached hydrogens (tertiary/aromatic N) is 2. The van der Waals surface area contributed by atoms with Crippen LogP contribution in [0.25, 0.3) is 11.0 Å². The molecule has 0 N–H and O–H groups in total. The van der Waals surface area contributed by atoms with Gasteiger partial charge in [-0.15, -0.1) is 0 Å². The molecule has 0 bridgehead atoms. The number of hydrogen-bond acceptors (Lipinski definition) is 3. The van der Waals surface area contributed by atoms with Crippen LogP contribution >= 0.6 is 0 Å². The molecule has 2 aliphatic rings. The number of rotatable bonds is 1. The third kappa shape index (κ3) is 1.48. The van der Waals surface area contributed by atoms with Gasteiger partial charge in [0.25, 0.3) is 0 Å². The van der Waals surface area contributed by atoms with Crippen LogP contribution in [-0.4, -0.2) is 12.4 Å². The van der Waals surface area contributed by atoms with Gasteiger partial charge in [0.05, 0.1) is 0 Å². The molecule has 106 valence electrons. The second-order valence-electron chi connectivity index (χ2n) is 5.65. The van der Waals surface area contributed by atoms with E-state index < -0.39 is 0 Å². The summed E-state index contributed by atoms with van der Waals surface area (Å²) in [6, 6.07) is 18.6. The highest BCUT2D eigenvalue weighted by Gasteiger charge is 2.42. The van der Waals surface area contributed by atoms with Gasteiger partial charge < -0.3 is 4.42 Å². The van der Waals surface area contributed by atoms with Crippen molar-refractivity contribution < 1.29 is 4.42 Å². The van der Waals surface area contributed by atoms with Gasteiger partial charge in [-0.3, -0.25) is 9.89 Å². The van der Waals surface area contributed by atoms with Crippen LogP contribution in [0.2, 0.25) is 0 Å². The van der Waals surface area contributed by atoms with Gasteiger partial charge in [-0.05, 0) is 24.3 Å². The third-order valence-corrected chi connectivity index (χ3v) is 4.43. The number of aliphatic imine (C=N–C) groups is 1. The van der Waals surface area contributed by atoms with Crippen molar-refractivity contribution in [2.75, 3.05) is 4.90 Å². The second kappa shape index (κ2) is 4.34. The zero-order chi connectivity index (χ0) is 14.5.